The Morgan fingerprint density at radius 1 is 1.04 bits per heavy atom. The van der Waals surface area contributed by atoms with Gasteiger partial charge in [0.25, 0.3) is 5.91 Å². The van der Waals surface area contributed by atoms with Crippen molar-refractivity contribution >= 4 is 17.7 Å². The minimum atomic E-state index is -0.885. The van der Waals surface area contributed by atoms with E-state index in [9.17, 15) is 14.4 Å². The predicted molar refractivity (Wildman–Crippen MR) is 90.2 cm³/mol. The molecule has 0 saturated heterocycles. The van der Waals surface area contributed by atoms with Gasteiger partial charge in [-0.05, 0) is 30.0 Å². The van der Waals surface area contributed by atoms with Crippen molar-refractivity contribution in [2.75, 3.05) is 13.1 Å². The van der Waals surface area contributed by atoms with Crippen molar-refractivity contribution in [1.82, 2.24) is 4.90 Å². The van der Waals surface area contributed by atoms with Crippen LogP contribution in [0, 0.1) is 0 Å². The van der Waals surface area contributed by atoms with Gasteiger partial charge in [-0.1, -0.05) is 32.9 Å². The molecule has 1 unspecified atom stereocenters. The largest absolute Gasteiger partial charge is 0.481 e. The summed E-state index contributed by atoms with van der Waals surface area (Å²) in [6.45, 7) is 7.05. The lowest BCUT2D eigenvalue weighted by Gasteiger charge is -2.24. The summed E-state index contributed by atoms with van der Waals surface area (Å²) in [6.07, 6.45) is -0.885. The lowest BCUT2D eigenvalue weighted by atomic mass is 9.87. The number of nitrogens with two attached hydrogens (primary N) is 2. The molecule has 1 aromatic carbocycles. The molecule has 7 nitrogen and oxygen atoms in total. The van der Waals surface area contributed by atoms with Crippen LogP contribution in [0.15, 0.2) is 24.3 Å². The molecule has 3 amide bonds. The number of carbonyl (C=O) groups excluding carboxylic acids is 3. The number of benzene rings is 1. The van der Waals surface area contributed by atoms with Gasteiger partial charge in [0, 0.05) is 0 Å². The standard InChI is InChI=1S/C17H25N3O4/c1-11(16(23)20(9-14(18)21)10-15(19)22)24-13-7-5-12(6-8-13)17(2,3)4/h5-8,11H,9-10H2,1-4H3,(H2,18,21)(H2,19,22). The zero-order chi connectivity index (χ0) is 18.5. The highest BCUT2D eigenvalue weighted by Crippen LogP contribution is 2.24. The number of rotatable bonds is 7. The second-order valence-electron chi connectivity index (χ2n) is 6.66. The molecule has 0 bridgehead atoms. The van der Waals surface area contributed by atoms with E-state index >= 15 is 0 Å². The lowest BCUT2D eigenvalue weighted by Crippen LogP contribution is -2.48. The molecular weight excluding hydrogens is 310 g/mol. The van der Waals surface area contributed by atoms with Crippen molar-refractivity contribution in [3.63, 3.8) is 0 Å². The zero-order valence-electron chi connectivity index (χ0n) is 14.5. The first-order chi connectivity index (χ1) is 11.0. The summed E-state index contributed by atoms with van der Waals surface area (Å²) < 4.78 is 5.59. The maximum atomic E-state index is 12.3. The van der Waals surface area contributed by atoms with Gasteiger partial charge in [0.15, 0.2) is 6.10 Å². The van der Waals surface area contributed by atoms with Crippen LogP contribution in [0.2, 0.25) is 0 Å². The van der Waals surface area contributed by atoms with Crippen molar-refractivity contribution in [3.8, 4) is 5.75 Å². The fourth-order valence-electron chi connectivity index (χ4n) is 2.13. The Labute approximate surface area is 141 Å². The second kappa shape index (κ2) is 7.81. The molecule has 0 fully saturated rings. The molecule has 7 heteroatoms. The lowest BCUT2D eigenvalue weighted by molar-refractivity contribution is -0.143. The van der Waals surface area contributed by atoms with Crippen LogP contribution in [0.3, 0.4) is 0 Å². The van der Waals surface area contributed by atoms with Crippen LogP contribution < -0.4 is 16.2 Å². The van der Waals surface area contributed by atoms with Crippen LogP contribution in [0.25, 0.3) is 0 Å². The first kappa shape index (κ1) is 19.5. The van der Waals surface area contributed by atoms with E-state index in [0.717, 1.165) is 10.5 Å². The molecule has 4 N–H and O–H groups in total. The predicted octanol–water partition coefficient (Wildman–Crippen LogP) is 0.551. The normalized spacial score (nSPS) is 12.3. The van der Waals surface area contributed by atoms with Crippen LogP contribution >= 0.6 is 0 Å². The third kappa shape index (κ3) is 5.91. The molecule has 24 heavy (non-hydrogen) atoms. The van der Waals surface area contributed by atoms with Crippen molar-refractivity contribution in [1.29, 1.82) is 0 Å². The topological polar surface area (TPSA) is 116 Å². The SMILES string of the molecule is CC(Oc1ccc(C(C)(C)C)cc1)C(=O)N(CC(N)=O)CC(N)=O. The summed E-state index contributed by atoms with van der Waals surface area (Å²) >= 11 is 0. The number of amides is 3. The van der Waals surface area contributed by atoms with E-state index < -0.39 is 36.9 Å². The Balaban J connectivity index is 2.80. The molecule has 1 aromatic rings. The van der Waals surface area contributed by atoms with E-state index in [-0.39, 0.29) is 5.41 Å². The summed E-state index contributed by atoms with van der Waals surface area (Å²) in [5, 5.41) is 0. The Kier molecular flexibility index (Phi) is 6.34. The van der Waals surface area contributed by atoms with E-state index in [0.29, 0.717) is 5.75 Å². The number of nitrogens with zero attached hydrogens (tertiary/aromatic N) is 1. The molecule has 0 spiro atoms. The van der Waals surface area contributed by atoms with E-state index in [1.54, 1.807) is 12.1 Å². The van der Waals surface area contributed by atoms with E-state index in [2.05, 4.69) is 20.8 Å². The van der Waals surface area contributed by atoms with Crippen molar-refractivity contribution in [3.05, 3.63) is 29.8 Å². The third-order valence-electron chi connectivity index (χ3n) is 3.39. The molecule has 0 aliphatic heterocycles. The van der Waals surface area contributed by atoms with Crippen molar-refractivity contribution in [2.24, 2.45) is 11.5 Å². The number of hydrogen-bond donors (Lipinski definition) is 2. The fraction of sp³-hybridized carbons (Fsp3) is 0.471. The summed E-state index contributed by atoms with van der Waals surface area (Å²) in [4.78, 5) is 35.4. The average Bonchev–Trinajstić information content (AvgIpc) is 2.44. The summed E-state index contributed by atoms with van der Waals surface area (Å²) in [5.41, 5.74) is 11.3. The van der Waals surface area contributed by atoms with E-state index in [4.69, 9.17) is 16.2 Å². The molecule has 0 radical (unpaired) electrons. The van der Waals surface area contributed by atoms with Gasteiger partial charge in [-0.25, -0.2) is 0 Å². The molecule has 0 aliphatic rings. The second-order valence-corrected chi connectivity index (χ2v) is 6.66. The molecule has 0 aromatic heterocycles. The van der Waals surface area contributed by atoms with Gasteiger partial charge >= 0.3 is 0 Å². The summed E-state index contributed by atoms with van der Waals surface area (Å²) in [7, 11) is 0. The Bertz CT molecular complexity index is 589. The van der Waals surface area contributed by atoms with Crippen LogP contribution in [0.5, 0.6) is 5.75 Å². The number of carbonyl (C=O) groups is 3. The highest BCUT2D eigenvalue weighted by atomic mass is 16.5. The number of ether oxygens (including phenoxy) is 1. The zero-order valence-corrected chi connectivity index (χ0v) is 14.5. The quantitative estimate of drug-likeness (QED) is 0.757. The molecule has 132 valence electrons. The van der Waals surface area contributed by atoms with E-state index in [1.165, 1.54) is 6.92 Å². The van der Waals surface area contributed by atoms with E-state index in [1.807, 2.05) is 12.1 Å². The summed E-state index contributed by atoms with van der Waals surface area (Å²) in [5.74, 6) is -1.48. The average molecular weight is 335 g/mol. The van der Waals surface area contributed by atoms with Crippen LogP contribution in [-0.2, 0) is 19.8 Å². The molecule has 0 saturated carbocycles. The van der Waals surface area contributed by atoms with Crippen LogP contribution in [-0.4, -0.2) is 41.8 Å². The Morgan fingerprint density at radius 3 is 1.88 bits per heavy atom. The van der Waals surface area contributed by atoms with Gasteiger partial charge in [0.1, 0.15) is 5.75 Å². The smallest absolute Gasteiger partial charge is 0.264 e. The van der Waals surface area contributed by atoms with Gasteiger partial charge in [-0.15, -0.1) is 0 Å². The first-order valence-corrected chi connectivity index (χ1v) is 7.63. The molecular formula is C17H25N3O4. The van der Waals surface area contributed by atoms with Gasteiger partial charge in [0.2, 0.25) is 11.8 Å². The highest BCUT2D eigenvalue weighted by Gasteiger charge is 2.25. The monoisotopic (exact) mass is 335 g/mol. The minimum Gasteiger partial charge on any atom is -0.481 e. The number of hydrogen-bond acceptors (Lipinski definition) is 4. The molecule has 0 aliphatic carbocycles. The van der Waals surface area contributed by atoms with Crippen LogP contribution in [0.1, 0.15) is 33.3 Å². The van der Waals surface area contributed by atoms with Gasteiger partial charge < -0.3 is 21.1 Å². The molecule has 0 heterocycles. The first-order valence-electron chi connectivity index (χ1n) is 7.63. The Morgan fingerprint density at radius 2 is 1.50 bits per heavy atom. The van der Waals surface area contributed by atoms with Crippen molar-refractivity contribution in [2.45, 2.75) is 39.2 Å². The Hall–Kier alpha value is -2.57. The molecule has 1 rings (SSSR count). The van der Waals surface area contributed by atoms with Crippen LogP contribution in [0.4, 0.5) is 0 Å². The maximum absolute atomic E-state index is 12.3. The van der Waals surface area contributed by atoms with Crippen molar-refractivity contribution < 1.29 is 19.1 Å². The molecule has 1 atom stereocenters. The maximum Gasteiger partial charge on any atom is 0.264 e. The minimum absolute atomic E-state index is 0.0136. The van der Waals surface area contributed by atoms with Gasteiger partial charge in [-0.2, -0.15) is 0 Å². The third-order valence-corrected chi connectivity index (χ3v) is 3.39. The van der Waals surface area contributed by atoms with Gasteiger partial charge in [-0.3, -0.25) is 14.4 Å². The fourth-order valence-corrected chi connectivity index (χ4v) is 2.13. The highest BCUT2D eigenvalue weighted by molar-refractivity contribution is 5.90. The van der Waals surface area contributed by atoms with Gasteiger partial charge in [0.05, 0.1) is 13.1 Å². The number of primary amides is 2. The summed E-state index contributed by atoms with van der Waals surface area (Å²) in [6, 6.07) is 7.40.